The third-order valence-electron chi connectivity index (χ3n) is 7.26. The zero-order valence-corrected chi connectivity index (χ0v) is 17.5. The van der Waals surface area contributed by atoms with E-state index in [1.54, 1.807) is 6.26 Å². The normalized spacial score (nSPS) is 26.6. The van der Waals surface area contributed by atoms with Crippen LogP contribution in [0, 0.1) is 23.2 Å². The molecule has 0 spiro atoms. The fraction of sp³-hybridized carbons (Fsp3) is 0.625. The molecule has 27 heavy (non-hydrogen) atoms. The summed E-state index contributed by atoms with van der Waals surface area (Å²) in [5, 5.41) is 3.64. The second kappa shape index (κ2) is 6.77. The van der Waals surface area contributed by atoms with E-state index in [1.165, 1.54) is 24.8 Å². The maximum absolute atomic E-state index is 5.73. The van der Waals surface area contributed by atoms with Crippen LogP contribution in [-0.4, -0.2) is 11.5 Å². The first-order valence-corrected chi connectivity index (χ1v) is 10.5. The molecular formula is C24H34N2O. The largest absolute Gasteiger partial charge is 0.444 e. The van der Waals surface area contributed by atoms with Crippen LogP contribution in [0.3, 0.4) is 0 Å². The van der Waals surface area contributed by atoms with E-state index in [-0.39, 0.29) is 5.41 Å². The van der Waals surface area contributed by atoms with Crippen molar-refractivity contribution in [3.05, 3.63) is 41.8 Å². The summed E-state index contributed by atoms with van der Waals surface area (Å²) in [5.74, 6) is 3.41. The fourth-order valence-corrected chi connectivity index (χ4v) is 5.23. The molecule has 3 heteroatoms. The van der Waals surface area contributed by atoms with Gasteiger partial charge in [0.05, 0.1) is 5.69 Å². The predicted molar refractivity (Wildman–Crippen MR) is 110 cm³/mol. The summed E-state index contributed by atoms with van der Waals surface area (Å²) < 4.78 is 5.73. The molecule has 1 aromatic heterocycles. The number of hydrogen-bond acceptors (Lipinski definition) is 3. The Bertz CT molecular complexity index is 779. The smallest absolute Gasteiger partial charge is 0.226 e. The summed E-state index contributed by atoms with van der Waals surface area (Å²) >= 11 is 0. The summed E-state index contributed by atoms with van der Waals surface area (Å²) in [5.41, 5.74) is 4.09. The number of nitrogens with zero attached hydrogens (tertiary/aromatic N) is 1. The highest BCUT2D eigenvalue weighted by Gasteiger charge is 2.53. The Morgan fingerprint density at radius 2 is 1.89 bits per heavy atom. The molecule has 0 radical (unpaired) electrons. The van der Waals surface area contributed by atoms with E-state index in [4.69, 9.17) is 4.42 Å². The van der Waals surface area contributed by atoms with Gasteiger partial charge in [-0.05, 0) is 72.1 Å². The summed E-state index contributed by atoms with van der Waals surface area (Å²) in [6, 6.07) is 8.57. The van der Waals surface area contributed by atoms with Crippen molar-refractivity contribution in [2.45, 2.75) is 65.8 Å². The molecule has 3 nitrogen and oxygen atoms in total. The van der Waals surface area contributed by atoms with Gasteiger partial charge >= 0.3 is 0 Å². The second-order valence-corrected chi connectivity index (χ2v) is 10.3. The highest BCUT2D eigenvalue weighted by molar-refractivity contribution is 5.54. The molecule has 0 aliphatic heterocycles. The summed E-state index contributed by atoms with van der Waals surface area (Å²) in [4.78, 5) is 4.68. The lowest BCUT2D eigenvalue weighted by Crippen LogP contribution is -2.54. The van der Waals surface area contributed by atoms with Crippen LogP contribution >= 0.6 is 0 Å². The molecule has 2 aromatic rings. The quantitative estimate of drug-likeness (QED) is 0.726. The van der Waals surface area contributed by atoms with E-state index in [0.29, 0.717) is 11.3 Å². The SMILES string of the molecule is CC(C)(C)c1ccc(-c2nc(CNC[C@@H]3CC[C@H]4C[C@@H]3C4(C)C)co2)cc1. The van der Waals surface area contributed by atoms with E-state index in [1.807, 2.05) is 0 Å². The van der Waals surface area contributed by atoms with E-state index in [2.05, 4.69) is 69.2 Å². The molecule has 1 heterocycles. The minimum absolute atomic E-state index is 0.165. The highest BCUT2D eigenvalue weighted by Crippen LogP contribution is 2.61. The Hall–Kier alpha value is -1.61. The first kappa shape index (κ1) is 18.7. The van der Waals surface area contributed by atoms with Gasteiger partial charge in [-0.3, -0.25) is 0 Å². The van der Waals surface area contributed by atoms with Crippen LogP contribution < -0.4 is 5.32 Å². The zero-order valence-electron chi connectivity index (χ0n) is 17.5. The number of oxazole rings is 1. The van der Waals surface area contributed by atoms with Gasteiger partial charge in [-0.15, -0.1) is 0 Å². The molecule has 3 aliphatic rings. The van der Waals surface area contributed by atoms with Crippen LogP contribution in [0.25, 0.3) is 11.5 Å². The number of nitrogens with one attached hydrogen (secondary N) is 1. The number of hydrogen-bond donors (Lipinski definition) is 1. The van der Waals surface area contributed by atoms with Crippen LogP contribution in [0.4, 0.5) is 0 Å². The van der Waals surface area contributed by atoms with Crippen molar-refractivity contribution in [1.29, 1.82) is 0 Å². The van der Waals surface area contributed by atoms with Crippen molar-refractivity contribution >= 4 is 0 Å². The Morgan fingerprint density at radius 1 is 1.15 bits per heavy atom. The fourth-order valence-electron chi connectivity index (χ4n) is 5.23. The molecule has 3 fully saturated rings. The standard InChI is InChI=1S/C24H34N2O/c1-23(2,3)18-9-6-16(7-10-18)22-26-20(15-27-22)14-25-13-17-8-11-19-12-21(17)24(19,4)5/h6-7,9-10,15,17,19,21,25H,8,11-14H2,1-5H3/t17-,19-,21-/m0/s1. The Labute approximate surface area is 164 Å². The minimum atomic E-state index is 0.165. The van der Waals surface area contributed by atoms with Gasteiger partial charge in [0.25, 0.3) is 0 Å². The molecule has 1 aromatic carbocycles. The van der Waals surface area contributed by atoms with Gasteiger partial charge in [0.1, 0.15) is 6.26 Å². The Kier molecular flexibility index (Phi) is 4.70. The van der Waals surface area contributed by atoms with Gasteiger partial charge in [0.2, 0.25) is 5.89 Å². The third kappa shape index (κ3) is 3.59. The Morgan fingerprint density at radius 3 is 2.52 bits per heavy atom. The molecular weight excluding hydrogens is 332 g/mol. The zero-order chi connectivity index (χ0) is 19.2. The van der Waals surface area contributed by atoms with Gasteiger partial charge < -0.3 is 9.73 Å². The predicted octanol–water partition coefficient (Wildman–Crippen LogP) is 5.80. The van der Waals surface area contributed by atoms with E-state index < -0.39 is 0 Å². The van der Waals surface area contributed by atoms with Crippen molar-refractivity contribution < 1.29 is 4.42 Å². The lowest BCUT2D eigenvalue weighted by Gasteiger charge is -2.60. The van der Waals surface area contributed by atoms with Gasteiger partial charge in [-0.1, -0.05) is 46.8 Å². The van der Waals surface area contributed by atoms with E-state index in [0.717, 1.165) is 42.1 Å². The molecule has 0 unspecified atom stereocenters. The molecule has 3 aliphatic carbocycles. The number of benzene rings is 1. The first-order valence-electron chi connectivity index (χ1n) is 10.5. The van der Waals surface area contributed by atoms with E-state index in [9.17, 15) is 0 Å². The topological polar surface area (TPSA) is 38.1 Å². The summed E-state index contributed by atoms with van der Waals surface area (Å²) in [7, 11) is 0. The van der Waals surface area contributed by atoms with Crippen molar-refractivity contribution in [3.63, 3.8) is 0 Å². The van der Waals surface area contributed by atoms with E-state index >= 15 is 0 Å². The number of rotatable bonds is 5. The summed E-state index contributed by atoms with van der Waals surface area (Å²) in [6.07, 6.45) is 6.03. The molecule has 1 N–H and O–H groups in total. The van der Waals surface area contributed by atoms with Gasteiger partial charge in [-0.2, -0.15) is 0 Å². The minimum Gasteiger partial charge on any atom is -0.444 e. The van der Waals surface area contributed by atoms with Crippen molar-refractivity contribution in [3.8, 4) is 11.5 Å². The average molecular weight is 367 g/mol. The molecule has 146 valence electrons. The lowest BCUT2D eigenvalue weighted by atomic mass is 9.45. The van der Waals surface area contributed by atoms with Crippen LogP contribution in [0.15, 0.2) is 34.9 Å². The van der Waals surface area contributed by atoms with Crippen LogP contribution in [-0.2, 0) is 12.0 Å². The van der Waals surface area contributed by atoms with Crippen molar-refractivity contribution in [2.75, 3.05) is 6.54 Å². The van der Waals surface area contributed by atoms with Gasteiger partial charge in [0.15, 0.2) is 0 Å². The number of aromatic nitrogens is 1. The molecule has 3 saturated carbocycles. The second-order valence-electron chi connectivity index (χ2n) is 10.3. The average Bonchev–Trinajstić information content (AvgIpc) is 3.10. The monoisotopic (exact) mass is 366 g/mol. The molecule has 0 saturated heterocycles. The van der Waals surface area contributed by atoms with Crippen LogP contribution in [0.1, 0.15) is 65.1 Å². The van der Waals surface area contributed by atoms with Gasteiger partial charge in [0, 0.05) is 12.1 Å². The van der Waals surface area contributed by atoms with Crippen LogP contribution in [0.2, 0.25) is 0 Å². The Balaban J connectivity index is 1.32. The number of fused-ring (bicyclic) bond motifs is 2. The maximum atomic E-state index is 5.73. The van der Waals surface area contributed by atoms with Crippen molar-refractivity contribution in [1.82, 2.24) is 10.3 Å². The molecule has 2 bridgehead atoms. The molecule has 3 atom stereocenters. The molecule has 5 rings (SSSR count). The van der Waals surface area contributed by atoms with Gasteiger partial charge in [-0.25, -0.2) is 4.98 Å². The molecule has 0 amide bonds. The lowest BCUT2D eigenvalue weighted by molar-refractivity contribution is -0.103. The van der Waals surface area contributed by atoms with Crippen LogP contribution in [0.5, 0.6) is 0 Å². The summed E-state index contributed by atoms with van der Waals surface area (Å²) in [6.45, 7) is 13.5. The third-order valence-corrected chi connectivity index (χ3v) is 7.26. The highest BCUT2D eigenvalue weighted by atomic mass is 16.3. The maximum Gasteiger partial charge on any atom is 0.226 e. The first-order chi connectivity index (χ1) is 12.7. The van der Waals surface area contributed by atoms with Crippen molar-refractivity contribution in [2.24, 2.45) is 23.2 Å².